The van der Waals surface area contributed by atoms with E-state index in [0.717, 1.165) is 12.8 Å². The number of hydrogen-bond acceptors (Lipinski definition) is 7. The van der Waals surface area contributed by atoms with Gasteiger partial charge in [0.15, 0.2) is 0 Å². The monoisotopic (exact) mass is 467 g/mol. The van der Waals surface area contributed by atoms with Crippen molar-refractivity contribution in [2.24, 2.45) is 0 Å². The van der Waals surface area contributed by atoms with Gasteiger partial charge >= 0.3 is 0 Å². The molecule has 1 saturated carbocycles. The quantitative estimate of drug-likeness (QED) is 0.548. The van der Waals surface area contributed by atoms with Crippen LogP contribution in [0.4, 0.5) is 0 Å². The number of pyridine rings is 1. The molecule has 2 fully saturated rings. The molecule has 0 unspecified atom stereocenters. The minimum Gasteiger partial charge on any atom is -0.492 e. The normalized spacial score (nSPS) is 18.2. The van der Waals surface area contributed by atoms with Crippen LogP contribution in [0.15, 0.2) is 58.6 Å². The highest BCUT2D eigenvalue weighted by Gasteiger charge is 2.38. The summed E-state index contributed by atoms with van der Waals surface area (Å²) in [4.78, 5) is 4.27. The summed E-state index contributed by atoms with van der Waals surface area (Å²) in [6.45, 7) is 1.81. The summed E-state index contributed by atoms with van der Waals surface area (Å²) in [5.74, 6) is 0.482. The van der Waals surface area contributed by atoms with Crippen LogP contribution in [0.2, 0.25) is 0 Å². The van der Waals surface area contributed by atoms with E-state index in [1.807, 2.05) is 0 Å². The molecular formula is C20H25N3O6S2. The van der Waals surface area contributed by atoms with Gasteiger partial charge in [0, 0.05) is 38.1 Å². The van der Waals surface area contributed by atoms with E-state index < -0.39 is 20.0 Å². The molecule has 168 valence electrons. The van der Waals surface area contributed by atoms with Crippen LogP contribution < -0.4 is 4.74 Å². The molecule has 0 amide bonds. The van der Waals surface area contributed by atoms with Crippen LogP contribution in [0.1, 0.15) is 12.8 Å². The van der Waals surface area contributed by atoms with Gasteiger partial charge < -0.3 is 9.47 Å². The van der Waals surface area contributed by atoms with E-state index in [1.165, 1.54) is 39.2 Å². The molecule has 1 aromatic carbocycles. The number of aromatic nitrogens is 1. The molecule has 0 N–H and O–H groups in total. The first-order valence-corrected chi connectivity index (χ1v) is 13.0. The van der Waals surface area contributed by atoms with Crippen molar-refractivity contribution in [1.29, 1.82) is 0 Å². The molecule has 1 saturated heterocycles. The van der Waals surface area contributed by atoms with E-state index >= 15 is 0 Å². The van der Waals surface area contributed by atoms with Crippen molar-refractivity contribution in [3.63, 3.8) is 0 Å². The van der Waals surface area contributed by atoms with E-state index in [9.17, 15) is 16.8 Å². The lowest BCUT2D eigenvalue weighted by Crippen LogP contribution is -2.40. The number of sulfonamides is 2. The van der Waals surface area contributed by atoms with Gasteiger partial charge in [0.25, 0.3) is 0 Å². The Morgan fingerprint density at radius 3 is 2.35 bits per heavy atom. The van der Waals surface area contributed by atoms with Gasteiger partial charge in [-0.05, 0) is 49.2 Å². The molecule has 1 aromatic heterocycles. The standard InChI is InChI=1S/C20H25N3O6S2/c24-30(25,22-10-13-28-14-11-22)19-7-5-18(6-8-19)29-15-12-23(17-3-4-17)31(26,27)20-2-1-9-21-16-20/h1-2,5-9,16-17H,3-4,10-15H2. The second-order valence-electron chi connectivity index (χ2n) is 7.37. The fourth-order valence-corrected chi connectivity index (χ4v) is 6.44. The Bertz CT molecular complexity index is 1080. The molecule has 31 heavy (non-hydrogen) atoms. The fraction of sp³-hybridized carbons (Fsp3) is 0.450. The largest absolute Gasteiger partial charge is 0.492 e. The van der Waals surface area contributed by atoms with E-state index in [4.69, 9.17) is 9.47 Å². The van der Waals surface area contributed by atoms with Gasteiger partial charge in [-0.15, -0.1) is 0 Å². The van der Waals surface area contributed by atoms with Gasteiger partial charge in [-0.25, -0.2) is 16.8 Å². The smallest absolute Gasteiger partial charge is 0.244 e. The third-order valence-corrected chi connectivity index (χ3v) is 9.06. The van der Waals surface area contributed by atoms with Gasteiger partial charge in [-0.1, -0.05) is 0 Å². The lowest BCUT2D eigenvalue weighted by atomic mass is 10.3. The van der Waals surface area contributed by atoms with Crippen LogP contribution in [0.5, 0.6) is 5.75 Å². The predicted molar refractivity (Wildman–Crippen MR) is 113 cm³/mol. The average Bonchev–Trinajstić information content (AvgIpc) is 3.63. The minimum atomic E-state index is -3.63. The zero-order valence-corrected chi connectivity index (χ0v) is 18.6. The Labute approximate surface area is 182 Å². The molecule has 2 aliphatic rings. The summed E-state index contributed by atoms with van der Waals surface area (Å²) in [6.07, 6.45) is 4.53. The number of benzene rings is 1. The van der Waals surface area contributed by atoms with E-state index in [0.29, 0.717) is 32.1 Å². The Balaban J connectivity index is 1.38. The first-order valence-electron chi connectivity index (χ1n) is 10.1. The van der Waals surface area contributed by atoms with Crippen LogP contribution >= 0.6 is 0 Å². The van der Waals surface area contributed by atoms with E-state index in [2.05, 4.69) is 4.98 Å². The van der Waals surface area contributed by atoms with Gasteiger partial charge in [0.2, 0.25) is 20.0 Å². The summed E-state index contributed by atoms with van der Waals surface area (Å²) in [5, 5.41) is 0. The van der Waals surface area contributed by atoms with Gasteiger partial charge in [0.1, 0.15) is 17.3 Å². The zero-order valence-electron chi connectivity index (χ0n) is 17.0. The highest BCUT2D eigenvalue weighted by molar-refractivity contribution is 7.89. The summed E-state index contributed by atoms with van der Waals surface area (Å²) in [7, 11) is -7.20. The molecule has 0 spiro atoms. The summed E-state index contributed by atoms with van der Waals surface area (Å²) in [6, 6.07) is 9.30. The molecule has 11 heteroatoms. The zero-order chi connectivity index (χ0) is 21.9. The molecule has 0 radical (unpaired) electrons. The highest BCUT2D eigenvalue weighted by Crippen LogP contribution is 2.31. The summed E-state index contributed by atoms with van der Waals surface area (Å²) < 4.78 is 65.0. The van der Waals surface area contributed by atoms with Gasteiger partial charge in [-0.2, -0.15) is 8.61 Å². The highest BCUT2D eigenvalue weighted by atomic mass is 32.2. The second kappa shape index (κ2) is 9.21. The number of morpholine rings is 1. The summed E-state index contributed by atoms with van der Waals surface area (Å²) in [5.41, 5.74) is 0. The van der Waals surface area contributed by atoms with E-state index in [1.54, 1.807) is 18.2 Å². The molecule has 1 aliphatic carbocycles. The van der Waals surface area contributed by atoms with Gasteiger partial charge in [0.05, 0.1) is 18.1 Å². The Morgan fingerprint density at radius 1 is 1.03 bits per heavy atom. The van der Waals surface area contributed by atoms with Gasteiger partial charge in [-0.3, -0.25) is 4.98 Å². The second-order valence-corrected chi connectivity index (χ2v) is 11.2. The van der Waals surface area contributed by atoms with Crippen molar-refractivity contribution < 1.29 is 26.3 Å². The molecule has 9 nitrogen and oxygen atoms in total. The molecule has 0 bridgehead atoms. The lowest BCUT2D eigenvalue weighted by molar-refractivity contribution is 0.0730. The minimum absolute atomic E-state index is 0.0187. The third-order valence-electron chi connectivity index (χ3n) is 5.21. The number of ether oxygens (including phenoxy) is 2. The molecule has 2 aromatic rings. The van der Waals surface area contributed by atoms with Crippen molar-refractivity contribution in [3.05, 3.63) is 48.8 Å². The maximum Gasteiger partial charge on any atom is 0.244 e. The molecular weight excluding hydrogens is 442 g/mol. The topological polar surface area (TPSA) is 106 Å². The molecule has 1 aliphatic heterocycles. The van der Waals surface area contributed by atoms with Crippen molar-refractivity contribution in [2.45, 2.75) is 28.7 Å². The SMILES string of the molecule is O=S(=O)(c1ccc(OCCN(C2CC2)S(=O)(=O)c2cccnc2)cc1)N1CCOCC1. The van der Waals surface area contributed by atoms with E-state index in [-0.39, 0.29) is 29.0 Å². The first kappa shape index (κ1) is 22.2. The Hall–Kier alpha value is -2.05. The molecule has 0 atom stereocenters. The van der Waals surface area contributed by atoms with Crippen LogP contribution in [0.25, 0.3) is 0 Å². The number of hydrogen-bond donors (Lipinski definition) is 0. The van der Waals surface area contributed by atoms with Crippen LogP contribution in [-0.4, -0.2) is 75.9 Å². The number of rotatable bonds is 9. The fourth-order valence-electron chi connectivity index (χ4n) is 3.39. The lowest BCUT2D eigenvalue weighted by Gasteiger charge is -2.26. The van der Waals surface area contributed by atoms with Crippen molar-refractivity contribution >= 4 is 20.0 Å². The maximum atomic E-state index is 12.9. The molecule has 4 rings (SSSR count). The maximum absolute atomic E-state index is 12.9. The third kappa shape index (κ3) is 5.07. The van der Waals surface area contributed by atoms with Crippen molar-refractivity contribution in [2.75, 3.05) is 39.5 Å². The Kier molecular flexibility index (Phi) is 6.58. The number of nitrogens with zero attached hydrogens (tertiary/aromatic N) is 3. The Morgan fingerprint density at radius 2 is 1.74 bits per heavy atom. The van der Waals surface area contributed by atoms with Crippen LogP contribution in [0, 0.1) is 0 Å². The summed E-state index contributed by atoms with van der Waals surface area (Å²) >= 11 is 0. The van der Waals surface area contributed by atoms with Crippen LogP contribution in [0.3, 0.4) is 0 Å². The van der Waals surface area contributed by atoms with Crippen molar-refractivity contribution in [3.8, 4) is 5.75 Å². The van der Waals surface area contributed by atoms with Crippen LogP contribution in [-0.2, 0) is 24.8 Å². The molecule has 2 heterocycles. The predicted octanol–water partition coefficient (Wildman–Crippen LogP) is 1.33. The first-order chi connectivity index (χ1) is 14.9. The van der Waals surface area contributed by atoms with Crippen molar-refractivity contribution in [1.82, 2.24) is 13.6 Å². The average molecular weight is 468 g/mol.